The minimum Gasteiger partial charge on any atom is -1.00 e. The molecule has 0 saturated heterocycles. The molecule has 2 aromatic rings. The lowest BCUT2D eigenvalue weighted by Gasteiger charge is -2.14. The minimum absolute atomic E-state index is 0. The standard InChI is InChI=1S/C17H22N.ClH/c1-17(2,3)12-6-7-13-18-14-8-10-15-9-4-5-11-16(15)18;/h4-11,14H,12-13H2,1-3H3;1H/q+1;/p-1/b7-6+;. The molecule has 0 N–H and O–H groups in total. The summed E-state index contributed by atoms with van der Waals surface area (Å²) in [5.41, 5.74) is 1.67. The van der Waals surface area contributed by atoms with Crippen LogP contribution in [0.1, 0.15) is 27.2 Å². The number of aromatic nitrogens is 1. The van der Waals surface area contributed by atoms with Crippen molar-refractivity contribution >= 4 is 10.9 Å². The molecule has 0 amide bonds. The van der Waals surface area contributed by atoms with Crippen LogP contribution in [0, 0.1) is 5.41 Å². The van der Waals surface area contributed by atoms with Crippen molar-refractivity contribution in [1.29, 1.82) is 0 Å². The van der Waals surface area contributed by atoms with Gasteiger partial charge in [0.25, 0.3) is 0 Å². The first-order chi connectivity index (χ1) is 8.56. The van der Waals surface area contributed by atoms with Gasteiger partial charge in [0, 0.05) is 17.5 Å². The molecule has 0 aliphatic rings. The summed E-state index contributed by atoms with van der Waals surface area (Å²) in [7, 11) is 0. The molecule has 19 heavy (non-hydrogen) atoms. The highest BCUT2D eigenvalue weighted by molar-refractivity contribution is 5.74. The lowest BCUT2D eigenvalue weighted by molar-refractivity contribution is -0.661. The third-order valence-corrected chi connectivity index (χ3v) is 2.99. The minimum atomic E-state index is 0. The van der Waals surface area contributed by atoms with Gasteiger partial charge < -0.3 is 12.4 Å². The SMILES string of the molecule is CC(C)(C)C/C=C/C[n+]1cccc2ccccc21.[Cl-]. The summed E-state index contributed by atoms with van der Waals surface area (Å²) in [5.74, 6) is 0. The van der Waals surface area contributed by atoms with Crippen LogP contribution in [0.4, 0.5) is 0 Å². The van der Waals surface area contributed by atoms with E-state index in [1.54, 1.807) is 0 Å². The number of hydrogen-bond acceptors (Lipinski definition) is 0. The summed E-state index contributed by atoms with van der Waals surface area (Å²) in [6.45, 7) is 7.74. The second kappa shape index (κ2) is 6.72. The van der Waals surface area contributed by atoms with Gasteiger partial charge in [-0.3, -0.25) is 0 Å². The molecule has 0 bridgehead atoms. The van der Waals surface area contributed by atoms with E-state index in [0.29, 0.717) is 5.41 Å². The molecule has 0 saturated carbocycles. The van der Waals surface area contributed by atoms with Crippen LogP contribution in [0.25, 0.3) is 10.9 Å². The Morgan fingerprint density at radius 2 is 1.68 bits per heavy atom. The summed E-state index contributed by atoms with van der Waals surface area (Å²) < 4.78 is 2.29. The maximum atomic E-state index is 2.29. The van der Waals surface area contributed by atoms with E-state index in [9.17, 15) is 0 Å². The summed E-state index contributed by atoms with van der Waals surface area (Å²) in [5, 5.41) is 1.30. The first kappa shape index (κ1) is 15.7. The zero-order valence-electron chi connectivity index (χ0n) is 11.9. The molecule has 0 spiro atoms. The fourth-order valence-corrected chi connectivity index (χ4v) is 2.01. The zero-order valence-corrected chi connectivity index (χ0v) is 12.7. The van der Waals surface area contributed by atoms with Crippen LogP contribution in [0.3, 0.4) is 0 Å². The van der Waals surface area contributed by atoms with E-state index < -0.39 is 0 Å². The fourth-order valence-electron chi connectivity index (χ4n) is 2.01. The molecule has 0 aliphatic carbocycles. The summed E-state index contributed by atoms with van der Waals surface area (Å²) in [6, 6.07) is 12.8. The van der Waals surface area contributed by atoms with Crippen molar-refractivity contribution in [2.75, 3.05) is 0 Å². The van der Waals surface area contributed by atoms with E-state index in [1.165, 1.54) is 10.9 Å². The third kappa shape index (κ3) is 4.68. The average molecular weight is 276 g/mol. The van der Waals surface area contributed by atoms with E-state index in [0.717, 1.165) is 13.0 Å². The molecule has 1 nitrogen and oxygen atoms in total. The molecule has 0 radical (unpaired) electrons. The highest BCUT2D eigenvalue weighted by Crippen LogP contribution is 2.18. The first-order valence-electron chi connectivity index (χ1n) is 6.58. The van der Waals surface area contributed by atoms with Crippen LogP contribution < -0.4 is 17.0 Å². The van der Waals surface area contributed by atoms with Crippen molar-refractivity contribution in [1.82, 2.24) is 0 Å². The number of halogens is 1. The molecule has 1 aromatic heterocycles. The van der Waals surface area contributed by atoms with Gasteiger partial charge in [0.15, 0.2) is 12.7 Å². The van der Waals surface area contributed by atoms with Crippen LogP contribution in [0.15, 0.2) is 54.7 Å². The largest absolute Gasteiger partial charge is 1.00 e. The second-order valence-corrected chi connectivity index (χ2v) is 5.96. The Morgan fingerprint density at radius 3 is 2.42 bits per heavy atom. The van der Waals surface area contributed by atoms with Crippen LogP contribution in [0.5, 0.6) is 0 Å². The van der Waals surface area contributed by atoms with Crippen molar-refractivity contribution in [3.63, 3.8) is 0 Å². The molecule has 0 unspecified atom stereocenters. The maximum Gasteiger partial charge on any atom is 0.212 e. The Morgan fingerprint density at radius 1 is 1.00 bits per heavy atom. The van der Waals surface area contributed by atoms with Gasteiger partial charge in [-0.15, -0.1) is 0 Å². The molecule has 1 aromatic carbocycles. The van der Waals surface area contributed by atoms with Crippen molar-refractivity contribution in [3.8, 4) is 0 Å². The number of allylic oxidation sites excluding steroid dienone is 2. The molecule has 2 heteroatoms. The molecular weight excluding hydrogens is 254 g/mol. The molecular formula is C17H22ClN. The fraction of sp³-hybridized carbons (Fsp3) is 0.353. The second-order valence-electron chi connectivity index (χ2n) is 5.96. The predicted molar refractivity (Wildman–Crippen MR) is 77.4 cm³/mol. The van der Waals surface area contributed by atoms with E-state index >= 15 is 0 Å². The van der Waals surface area contributed by atoms with Crippen molar-refractivity contribution < 1.29 is 17.0 Å². The molecule has 102 valence electrons. The van der Waals surface area contributed by atoms with E-state index in [-0.39, 0.29) is 12.4 Å². The average Bonchev–Trinajstić information content (AvgIpc) is 2.33. The van der Waals surface area contributed by atoms with Crippen molar-refractivity contribution in [2.45, 2.75) is 33.7 Å². The number of fused-ring (bicyclic) bond motifs is 1. The Balaban J connectivity index is 0.00000180. The number of benzene rings is 1. The summed E-state index contributed by atoms with van der Waals surface area (Å²) in [4.78, 5) is 0. The van der Waals surface area contributed by atoms with Gasteiger partial charge in [-0.2, -0.15) is 4.57 Å². The van der Waals surface area contributed by atoms with Crippen LogP contribution in [-0.4, -0.2) is 0 Å². The quantitative estimate of drug-likeness (QED) is 0.584. The monoisotopic (exact) mass is 275 g/mol. The molecule has 0 aliphatic heterocycles. The van der Waals surface area contributed by atoms with E-state index in [1.807, 2.05) is 0 Å². The Labute approximate surface area is 122 Å². The van der Waals surface area contributed by atoms with Gasteiger partial charge in [-0.05, 0) is 30.0 Å². The number of para-hydroxylation sites is 1. The molecule has 1 heterocycles. The lowest BCUT2D eigenvalue weighted by Crippen LogP contribution is -3.00. The van der Waals surface area contributed by atoms with Gasteiger partial charge in [0.2, 0.25) is 5.52 Å². The Bertz CT molecular complexity index is 547. The highest BCUT2D eigenvalue weighted by atomic mass is 35.5. The number of pyridine rings is 1. The summed E-state index contributed by atoms with van der Waals surface area (Å²) >= 11 is 0. The number of hydrogen-bond donors (Lipinski definition) is 0. The summed E-state index contributed by atoms with van der Waals surface area (Å²) in [6.07, 6.45) is 7.81. The predicted octanol–water partition coefficient (Wildman–Crippen LogP) is 1.12. The molecule has 2 rings (SSSR count). The van der Waals surface area contributed by atoms with Crippen LogP contribution in [0.2, 0.25) is 0 Å². The van der Waals surface area contributed by atoms with Gasteiger partial charge in [0.05, 0.1) is 0 Å². The maximum absolute atomic E-state index is 2.29. The van der Waals surface area contributed by atoms with Gasteiger partial charge >= 0.3 is 0 Å². The Hall–Kier alpha value is -1.34. The van der Waals surface area contributed by atoms with Gasteiger partial charge in [-0.1, -0.05) is 39.0 Å². The van der Waals surface area contributed by atoms with Crippen molar-refractivity contribution in [2.24, 2.45) is 5.41 Å². The smallest absolute Gasteiger partial charge is 0.212 e. The van der Waals surface area contributed by atoms with Crippen LogP contribution >= 0.6 is 0 Å². The first-order valence-corrected chi connectivity index (χ1v) is 6.58. The number of rotatable bonds is 3. The zero-order chi connectivity index (χ0) is 13.0. The number of nitrogens with zero attached hydrogens (tertiary/aromatic N) is 1. The van der Waals surface area contributed by atoms with E-state index in [4.69, 9.17) is 0 Å². The van der Waals surface area contributed by atoms with Crippen LogP contribution in [-0.2, 0) is 6.54 Å². The molecule has 0 fully saturated rings. The Kier molecular flexibility index (Phi) is 5.56. The van der Waals surface area contributed by atoms with Gasteiger partial charge in [0.1, 0.15) is 0 Å². The van der Waals surface area contributed by atoms with E-state index in [2.05, 4.69) is 80.1 Å². The van der Waals surface area contributed by atoms with Gasteiger partial charge in [-0.25, -0.2) is 0 Å². The molecule has 0 atom stereocenters. The topological polar surface area (TPSA) is 3.88 Å². The lowest BCUT2D eigenvalue weighted by atomic mass is 9.92. The highest BCUT2D eigenvalue weighted by Gasteiger charge is 2.07. The third-order valence-electron chi connectivity index (χ3n) is 2.99. The normalized spacial score (nSPS) is 11.7. The van der Waals surface area contributed by atoms with Crippen molar-refractivity contribution in [3.05, 3.63) is 54.7 Å².